The number of methoxy groups -OCH3 is 1. The summed E-state index contributed by atoms with van der Waals surface area (Å²) in [6.07, 6.45) is 0.234. The highest BCUT2D eigenvalue weighted by Gasteiger charge is 2.14. The molecule has 6 heteroatoms. The summed E-state index contributed by atoms with van der Waals surface area (Å²) in [4.78, 5) is 9.12. The summed E-state index contributed by atoms with van der Waals surface area (Å²) >= 11 is 9.30. The summed E-state index contributed by atoms with van der Waals surface area (Å²) < 4.78 is 5.29. The lowest BCUT2D eigenvalue weighted by molar-refractivity contribution is 0.0840. The predicted octanol–water partition coefficient (Wildman–Crippen LogP) is 3.99. The predicted molar refractivity (Wildman–Crippen MR) is 83.2 cm³/mol. The topological polar surface area (TPSA) is 25.4 Å². The van der Waals surface area contributed by atoms with Gasteiger partial charge in [0.2, 0.25) is 0 Å². The minimum atomic E-state index is 0.234. The Morgan fingerprint density at radius 3 is 2.89 bits per heavy atom. The first-order valence-electron chi connectivity index (χ1n) is 5.98. The van der Waals surface area contributed by atoms with Crippen LogP contribution in [0.4, 0.5) is 0 Å². The average molecular weight is 317 g/mol. The van der Waals surface area contributed by atoms with Crippen molar-refractivity contribution in [3.05, 3.63) is 26.9 Å². The molecule has 104 valence electrons. The molecule has 2 heterocycles. The minimum Gasteiger partial charge on any atom is -0.380 e. The molecule has 2 rings (SSSR count). The molecule has 2 aromatic rings. The van der Waals surface area contributed by atoms with E-state index >= 15 is 0 Å². The molecule has 0 aromatic carbocycles. The summed E-state index contributed by atoms with van der Waals surface area (Å²) in [7, 11) is 3.84. The molecule has 0 aliphatic rings. The molecule has 0 spiro atoms. The maximum absolute atomic E-state index is 5.98. The van der Waals surface area contributed by atoms with E-state index in [1.165, 1.54) is 4.88 Å². The van der Waals surface area contributed by atoms with E-state index in [0.29, 0.717) is 0 Å². The lowest BCUT2D eigenvalue weighted by Gasteiger charge is -2.19. The fourth-order valence-corrected chi connectivity index (χ4v) is 3.86. The molecule has 1 atom stereocenters. The molecular formula is C13H17ClN2OS2. The Labute approximate surface area is 126 Å². The maximum Gasteiger partial charge on any atom is 0.0956 e. The zero-order valence-electron chi connectivity index (χ0n) is 11.2. The molecule has 0 saturated heterocycles. The van der Waals surface area contributed by atoms with E-state index < -0.39 is 0 Å². The average Bonchev–Trinajstić information content (AvgIpc) is 2.97. The van der Waals surface area contributed by atoms with Gasteiger partial charge in [-0.25, -0.2) is 4.98 Å². The van der Waals surface area contributed by atoms with Crippen LogP contribution in [0.25, 0.3) is 10.6 Å². The molecule has 0 N–H and O–H groups in total. The Morgan fingerprint density at radius 1 is 1.47 bits per heavy atom. The Kier molecular flexibility index (Phi) is 5.36. The number of rotatable bonds is 6. The van der Waals surface area contributed by atoms with E-state index in [4.69, 9.17) is 16.3 Å². The van der Waals surface area contributed by atoms with Gasteiger partial charge >= 0.3 is 0 Å². The summed E-state index contributed by atoms with van der Waals surface area (Å²) in [5.41, 5.74) is 2.95. The first kappa shape index (κ1) is 14.9. The third-order valence-corrected chi connectivity index (χ3v) is 4.93. The van der Waals surface area contributed by atoms with Crippen LogP contribution in [0.2, 0.25) is 5.02 Å². The number of hydrogen-bond acceptors (Lipinski definition) is 5. The van der Waals surface area contributed by atoms with Crippen LogP contribution in [0.3, 0.4) is 0 Å². The lowest BCUT2D eigenvalue weighted by atomic mass is 10.3. The summed E-state index contributed by atoms with van der Waals surface area (Å²) in [6, 6.07) is 1.97. The second-order valence-corrected chi connectivity index (χ2v) is 6.78. The monoisotopic (exact) mass is 316 g/mol. The van der Waals surface area contributed by atoms with Crippen LogP contribution in [0, 0.1) is 0 Å². The largest absolute Gasteiger partial charge is 0.380 e. The Balaban J connectivity index is 2.08. The van der Waals surface area contributed by atoms with Crippen LogP contribution in [0.5, 0.6) is 0 Å². The molecule has 0 aliphatic carbocycles. The molecule has 2 aromatic heterocycles. The normalized spacial score (nSPS) is 13.1. The van der Waals surface area contributed by atoms with Crippen molar-refractivity contribution >= 4 is 34.3 Å². The Hall–Kier alpha value is -0.460. The van der Waals surface area contributed by atoms with Gasteiger partial charge in [0.1, 0.15) is 0 Å². The van der Waals surface area contributed by atoms with Gasteiger partial charge in [0.05, 0.1) is 27.2 Å². The highest BCUT2D eigenvalue weighted by molar-refractivity contribution is 7.15. The van der Waals surface area contributed by atoms with E-state index in [1.54, 1.807) is 29.8 Å². The van der Waals surface area contributed by atoms with Crippen LogP contribution >= 0.6 is 34.3 Å². The third kappa shape index (κ3) is 4.00. The van der Waals surface area contributed by atoms with Crippen molar-refractivity contribution < 1.29 is 4.74 Å². The Morgan fingerprint density at radius 2 is 2.26 bits per heavy atom. The SMILES string of the molecule is CO[C@H](C)CN(C)Cc1scnc1-c1cc(Cl)cs1. The van der Waals surface area contributed by atoms with E-state index in [-0.39, 0.29) is 6.10 Å². The number of halogens is 1. The summed E-state index contributed by atoms with van der Waals surface area (Å²) in [5, 5.41) is 2.72. The van der Waals surface area contributed by atoms with Crippen LogP contribution in [-0.4, -0.2) is 36.7 Å². The number of likely N-dealkylation sites (N-methyl/N-ethyl adjacent to an activating group) is 1. The number of nitrogens with zero attached hydrogens (tertiary/aromatic N) is 2. The van der Waals surface area contributed by atoms with Crippen LogP contribution < -0.4 is 0 Å². The summed E-state index contributed by atoms with van der Waals surface area (Å²) in [5.74, 6) is 0. The molecule has 0 bridgehead atoms. The fourth-order valence-electron chi connectivity index (χ4n) is 1.84. The first-order valence-corrected chi connectivity index (χ1v) is 8.12. The molecule has 0 unspecified atom stereocenters. The van der Waals surface area contributed by atoms with Gasteiger partial charge in [-0.15, -0.1) is 22.7 Å². The number of ether oxygens (including phenoxy) is 1. The third-order valence-electron chi connectivity index (χ3n) is 2.83. The lowest BCUT2D eigenvalue weighted by Crippen LogP contribution is -2.27. The number of aromatic nitrogens is 1. The van der Waals surface area contributed by atoms with E-state index in [0.717, 1.165) is 28.7 Å². The van der Waals surface area contributed by atoms with Gasteiger partial charge < -0.3 is 4.74 Å². The van der Waals surface area contributed by atoms with Gasteiger partial charge in [0.15, 0.2) is 0 Å². The molecule has 19 heavy (non-hydrogen) atoms. The van der Waals surface area contributed by atoms with Gasteiger partial charge in [-0.05, 0) is 20.0 Å². The molecule has 0 fully saturated rings. The second kappa shape index (κ2) is 6.81. The maximum atomic E-state index is 5.98. The van der Waals surface area contributed by atoms with Gasteiger partial charge in [0, 0.05) is 30.5 Å². The zero-order valence-corrected chi connectivity index (χ0v) is 13.6. The zero-order chi connectivity index (χ0) is 13.8. The van der Waals surface area contributed by atoms with Gasteiger partial charge in [-0.2, -0.15) is 0 Å². The van der Waals surface area contributed by atoms with Crippen molar-refractivity contribution in [2.75, 3.05) is 20.7 Å². The smallest absolute Gasteiger partial charge is 0.0956 e. The van der Waals surface area contributed by atoms with Crippen LogP contribution in [0.1, 0.15) is 11.8 Å². The van der Waals surface area contributed by atoms with Crippen molar-refractivity contribution in [1.29, 1.82) is 0 Å². The Bertz CT molecular complexity index is 526. The molecule has 0 radical (unpaired) electrons. The van der Waals surface area contributed by atoms with Crippen molar-refractivity contribution in [2.24, 2.45) is 0 Å². The fraction of sp³-hybridized carbons (Fsp3) is 0.462. The molecule has 0 amide bonds. The van der Waals surface area contributed by atoms with Crippen LogP contribution in [0.15, 0.2) is 17.0 Å². The van der Waals surface area contributed by atoms with Crippen LogP contribution in [-0.2, 0) is 11.3 Å². The molecule has 0 aliphatic heterocycles. The van der Waals surface area contributed by atoms with Crippen molar-refractivity contribution in [2.45, 2.75) is 19.6 Å². The van der Waals surface area contributed by atoms with E-state index in [2.05, 4.69) is 23.9 Å². The van der Waals surface area contributed by atoms with E-state index in [9.17, 15) is 0 Å². The van der Waals surface area contributed by atoms with Gasteiger partial charge in [-0.1, -0.05) is 11.6 Å². The first-order chi connectivity index (χ1) is 9.10. The quantitative estimate of drug-likeness (QED) is 0.805. The van der Waals surface area contributed by atoms with Gasteiger partial charge in [-0.3, -0.25) is 4.90 Å². The van der Waals surface area contributed by atoms with E-state index in [1.807, 2.05) is 17.0 Å². The van der Waals surface area contributed by atoms with Gasteiger partial charge in [0.25, 0.3) is 0 Å². The molecular weight excluding hydrogens is 300 g/mol. The molecule has 3 nitrogen and oxygen atoms in total. The van der Waals surface area contributed by atoms with Crippen molar-refractivity contribution in [3.63, 3.8) is 0 Å². The second-order valence-electron chi connectivity index (χ2n) is 4.50. The standard InChI is InChI=1S/C13H17ClN2OS2/c1-9(17-3)5-16(2)6-12-13(15-8-19-12)11-4-10(14)7-18-11/h4,7-9H,5-6H2,1-3H3/t9-/m1/s1. The van der Waals surface area contributed by atoms with Crippen molar-refractivity contribution in [1.82, 2.24) is 9.88 Å². The summed E-state index contributed by atoms with van der Waals surface area (Å²) in [6.45, 7) is 3.85. The highest BCUT2D eigenvalue weighted by atomic mass is 35.5. The highest BCUT2D eigenvalue weighted by Crippen LogP contribution is 2.33. The number of thiazole rings is 1. The molecule has 0 saturated carbocycles. The van der Waals surface area contributed by atoms with Crippen molar-refractivity contribution in [3.8, 4) is 10.6 Å². The number of thiophene rings is 1. The number of hydrogen-bond donors (Lipinski definition) is 0. The minimum absolute atomic E-state index is 0.234.